The van der Waals surface area contributed by atoms with Gasteiger partial charge in [-0.3, -0.25) is 0 Å². The maximum absolute atomic E-state index is 11.0. The van der Waals surface area contributed by atoms with Gasteiger partial charge in [0.1, 0.15) is 0 Å². The summed E-state index contributed by atoms with van der Waals surface area (Å²) in [6, 6.07) is 117. The molecule has 0 saturated heterocycles. The summed E-state index contributed by atoms with van der Waals surface area (Å²) < 4.78 is 4.64. The van der Waals surface area contributed by atoms with Gasteiger partial charge in [-0.1, -0.05) is 231 Å². The Balaban J connectivity index is 0.898. The molecule has 0 amide bonds. The second-order valence-electron chi connectivity index (χ2n) is 24.3. The van der Waals surface area contributed by atoms with Gasteiger partial charge in [0.25, 0.3) is 0 Å². The molecule has 454 valence electrons. The minimum absolute atomic E-state index is 0.375. The van der Waals surface area contributed by atoms with Crippen LogP contribution in [0.5, 0.6) is 0 Å². The standard InChI is InChI=1S/C90H54N8/c1-93-83-33-19-18-32-74(83)78-55-71(98-86-48-40-66(60-24-10-4-11-25-60)52-81(86)82-53-67(41-49-87(82)98)61-26-12-5-13-27-61)43-45-76(78)90-95-88(63-36-34-62(35-37-63)72-30-16-14-28-68(72)56-91)94-89(96-90)75-44-42-70(54-77(75)73-31-17-15-29-69(73)57-92)97-84-46-38-64(58-20-6-2-7-21-58)50-79(84)80-51-65(39-47-85(80)97)59-22-8-3-9-23-59/h2-55H. The molecule has 3 heterocycles. The van der Waals surface area contributed by atoms with Gasteiger partial charge in [-0.15, -0.1) is 0 Å². The number of aromatic nitrogens is 5. The van der Waals surface area contributed by atoms with E-state index in [0.29, 0.717) is 62.1 Å². The number of para-hydroxylation sites is 1. The van der Waals surface area contributed by atoms with Crippen LogP contribution >= 0.6 is 0 Å². The molecule has 98 heavy (non-hydrogen) atoms. The van der Waals surface area contributed by atoms with Gasteiger partial charge in [0.05, 0.1) is 51.9 Å². The molecule has 17 aromatic rings. The highest BCUT2D eigenvalue weighted by Crippen LogP contribution is 2.45. The zero-order chi connectivity index (χ0) is 65.6. The Morgan fingerprint density at radius 1 is 0.255 bits per heavy atom. The molecule has 8 heteroatoms. The van der Waals surface area contributed by atoms with E-state index in [9.17, 15) is 10.5 Å². The number of benzene rings is 14. The Morgan fingerprint density at radius 2 is 0.582 bits per heavy atom. The Bertz CT molecular complexity index is 5610. The van der Waals surface area contributed by atoms with Crippen LogP contribution in [0.1, 0.15) is 11.1 Å². The molecule has 0 aliphatic rings. The third-order valence-electron chi connectivity index (χ3n) is 18.8. The maximum Gasteiger partial charge on any atom is 0.194 e. The first kappa shape index (κ1) is 58.0. The summed E-state index contributed by atoms with van der Waals surface area (Å²) >= 11 is 0. The molecule has 0 radical (unpaired) electrons. The molecule has 8 nitrogen and oxygen atoms in total. The van der Waals surface area contributed by atoms with E-state index in [1.807, 2.05) is 121 Å². The molecule has 17 rings (SSSR count). The topological polar surface area (TPSA) is 100 Å². The lowest BCUT2D eigenvalue weighted by Gasteiger charge is -2.18. The van der Waals surface area contributed by atoms with Crippen molar-refractivity contribution in [1.29, 1.82) is 10.5 Å². The summed E-state index contributed by atoms with van der Waals surface area (Å²) in [5.41, 5.74) is 23.0. The maximum atomic E-state index is 11.0. The molecule has 0 bridgehead atoms. The van der Waals surface area contributed by atoms with Gasteiger partial charge in [0.2, 0.25) is 0 Å². The van der Waals surface area contributed by atoms with Gasteiger partial charge in [-0.25, -0.2) is 19.8 Å². The fourth-order valence-electron chi connectivity index (χ4n) is 14.0. The first-order valence-electron chi connectivity index (χ1n) is 32.5. The van der Waals surface area contributed by atoms with Crippen molar-refractivity contribution in [3.63, 3.8) is 0 Å². The Morgan fingerprint density at radius 3 is 0.990 bits per heavy atom. The minimum Gasteiger partial charge on any atom is -0.309 e. The van der Waals surface area contributed by atoms with Crippen LogP contribution in [-0.2, 0) is 0 Å². The van der Waals surface area contributed by atoms with E-state index >= 15 is 0 Å². The van der Waals surface area contributed by atoms with E-state index in [-0.39, 0.29) is 0 Å². The minimum atomic E-state index is 0.375. The lowest BCUT2D eigenvalue weighted by molar-refractivity contribution is 1.07. The highest BCUT2D eigenvalue weighted by atomic mass is 15.0. The van der Waals surface area contributed by atoms with Crippen molar-refractivity contribution >= 4 is 49.3 Å². The van der Waals surface area contributed by atoms with E-state index in [0.717, 1.165) is 122 Å². The predicted octanol–water partition coefficient (Wildman–Crippen LogP) is 23.0. The van der Waals surface area contributed by atoms with E-state index in [1.165, 1.54) is 0 Å². The summed E-state index contributed by atoms with van der Waals surface area (Å²) in [5, 5.41) is 25.6. The third kappa shape index (κ3) is 10.3. The molecule has 0 saturated carbocycles. The van der Waals surface area contributed by atoms with Crippen LogP contribution in [0.3, 0.4) is 0 Å². The molecule has 0 unspecified atom stereocenters. The van der Waals surface area contributed by atoms with Crippen LogP contribution in [0.25, 0.3) is 172 Å². The molecule has 0 fully saturated rings. The first-order valence-corrected chi connectivity index (χ1v) is 32.5. The number of hydrogen-bond acceptors (Lipinski definition) is 5. The zero-order valence-corrected chi connectivity index (χ0v) is 52.8. The normalized spacial score (nSPS) is 11.2. The fourth-order valence-corrected chi connectivity index (χ4v) is 14.0. The van der Waals surface area contributed by atoms with Crippen molar-refractivity contribution in [2.45, 2.75) is 0 Å². The van der Waals surface area contributed by atoms with E-state index < -0.39 is 0 Å². The SMILES string of the molecule is [C-]#[N+]c1ccccc1-c1cc(-n2c3ccc(-c4ccccc4)cc3c3cc(-c4ccccc4)ccc32)ccc1-c1nc(-c2ccc(-c3ccccc3C#N)cc2)nc(-c2ccc(-n3c4ccc(-c5ccccc5)cc4c4cc(-c5ccccc5)ccc43)cc2-c2ccccc2C#N)n1. The van der Waals surface area contributed by atoms with Gasteiger partial charge in [0.15, 0.2) is 23.2 Å². The van der Waals surface area contributed by atoms with E-state index in [2.05, 4.69) is 232 Å². The van der Waals surface area contributed by atoms with Gasteiger partial charge in [-0.05, 0) is 169 Å². The lowest BCUT2D eigenvalue weighted by atomic mass is 9.94. The van der Waals surface area contributed by atoms with Crippen LogP contribution in [0.4, 0.5) is 5.69 Å². The zero-order valence-electron chi connectivity index (χ0n) is 52.8. The summed E-state index contributed by atoms with van der Waals surface area (Å²) in [5.74, 6) is 1.15. The average molecular weight is 1250 g/mol. The van der Waals surface area contributed by atoms with Crippen LogP contribution in [0.15, 0.2) is 328 Å². The largest absolute Gasteiger partial charge is 0.309 e. The Kier molecular flexibility index (Phi) is 14.5. The second kappa shape index (κ2) is 24.6. The number of hydrogen-bond donors (Lipinski definition) is 0. The highest BCUT2D eigenvalue weighted by Gasteiger charge is 2.25. The summed E-state index contributed by atoms with van der Waals surface area (Å²) in [7, 11) is 0. The van der Waals surface area contributed by atoms with Gasteiger partial charge in [0, 0.05) is 55.2 Å². The van der Waals surface area contributed by atoms with Crippen molar-refractivity contribution in [2.24, 2.45) is 0 Å². The second-order valence-corrected chi connectivity index (χ2v) is 24.3. The highest BCUT2D eigenvalue weighted by molar-refractivity contribution is 6.13. The Hall–Kier alpha value is -13.8. The van der Waals surface area contributed by atoms with Crippen LogP contribution in [0, 0.1) is 29.2 Å². The van der Waals surface area contributed by atoms with Gasteiger partial charge < -0.3 is 9.13 Å². The third-order valence-corrected chi connectivity index (χ3v) is 18.8. The number of rotatable bonds is 12. The molecular weight excluding hydrogens is 1190 g/mol. The Labute approximate surface area is 566 Å². The molecule has 14 aromatic carbocycles. The molecular formula is C90H54N8. The molecule has 0 N–H and O–H groups in total. The predicted molar refractivity (Wildman–Crippen MR) is 399 cm³/mol. The smallest absolute Gasteiger partial charge is 0.194 e. The van der Waals surface area contributed by atoms with Crippen LogP contribution in [-0.4, -0.2) is 24.1 Å². The van der Waals surface area contributed by atoms with Crippen molar-refractivity contribution in [3.8, 4) is 136 Å². The van der Waals surface area contributed by atoms with E-state index in [1.54, 1.807) is 0 Å². The number of fused-ring (bicyclic) bond motifs is 6. The van der Waals surface area contributed by atoms with Gasteiger partial charge >= 0.3 is 0 Å². The van der Waals surface area contributed by atoms with Crippen LogP contribution in [0.2, 0.25) is 0 Å². The fraction of sp³-hybridized carbons (Fsp3) is 0. The average Bonchev–Trinajstić information content (AvgIpc) is 1.54. The molecule has 3 aromatic heterocycles. The lowest BCUT2D eigenvalue weighted by Crippen LogP contribution is -2.04. The monoisotopic (exact) mass is 1250 g/mol. The number of nitrogens with zero attached hydrogens (tertiary/aromatic N) is 8. The quantitative estimate of drug-likeness (QED) is 0.113. The summed E-state index contributed by atoms with van der Waals surface area (Å²) in [4.78, 5) is 20.6. The van der Waals surface area contributed by atoms with Gasteiger partial charge in [-0.2, -0.15) is 10.5 Å². The molecule has 0 atom stereocenters. The summed E-state index contributed by atoms with van der Waals surface area (Å²) in [6.07, 6.45) is 0. The van der Waals surface area contributed by atoms with Crippen molar-refractivity contribution in [2.75, 3.05) is 0 Å². The molecule has 0 spiro atoms. The van der Waals surface area contributed by atoms with Crippen LogP contribution < -0.4 is 0 Å². The van der Waals surface area contributed by atoms with E-state index in [4.69, 9.17) is 21.5 Å². The molecule has 0 aliphatic heterocycles. The summed E-state index contributed by atoms with van der Waals surface area (Å²) in [6.45, 7) is 8.62. The molecule has 0 aliphatic carbocycles. The number of nitriles is 2. The first-order chi connectivity index (χ1) is 48.4. The van der Waals surface area contributed by atoms with Crippen molar-refractivity contribution in [3.05, 3.63) is 350 Å². The van der Waals surface area contributed by atoms with Crippen molar-refractivity contribution < 1.29 is 0 Å². The van der Waals surface area contributed by atoms with Crippen molar-refractivity contribution in [1.82, 2.24) is 24.1 Å².